The molecule has 131 heavy (non-hydrogen) atoms. The Morgan fingerprint density at radius 2 is 0.664 bits per heavy atom. The minimum Gasteiger partial charge on any atom is -0.458 e. The van der Waals surface area contributed by atoms with Gasteiger partial charge in [-0.25, -0.2) is 0 Å². The molecule has 10 heteroatoms. The van der Waals surface area contributed by atoms with Gasteiger partial charge in [-0.1, -0.05) is 336 Å². The molecule has 0 aliphatic carbocycles. The Balaban J connectivity index is 0.000000169. The maximum Gasteiger partial charge on any atom is 0.256 e. The van der Waals surface area contributed by atoms with Gasteiger partial charge in [-0.3, -0.25) is 0 Å². The molecule has 0 atom stereocenters. The Morgan fingerprint density at radius 3 is 1.18 bits per heavy atom. The van der Waals surface area contributed by atoms with Crippen LogP contribution in [0.25, 0.3) is 22.3 Å². The van der Waals surface area contributed by atoms with Crippen LogP contribution in [0.5, 0.6) is 34.5 Å². The summed E-state index contributed by atoms with van der Waals surface area (Å²) >= 11 is 0. The first-order valence-electron chi connectivity index (χ1n) is 70.2. The summed E-state index contributed by atoms with van der Waals surface area (Å²) in [5.41, 5.74) is -13.6. The van der Waals surface area contributed by atoms with Crippen LogP contribution in [-0.4, -0.2) is 20.1 Å². The first-order valence-corrected chi connectivity index (χ1v) is 42.2. The first kappa shape index (κ1) is 42.9. The summed E-state index contributed by atoms with van der Waals surface area (Å²) in [5.74, 6) is -1.75. The largest absolute Gasteiger partial charge is 0.458 e. The van der Waals surface area contributed by atoms with Crippen LogP contribution >= 0.6 is 0 Å². The predicted molar refractivity (Wildman–Crippen MR) is 559 cm³/mol. The molecule has 6 heterocycles. The fraction of sp³-hybridized carbons (Fsp3) is 0.207. The van der Waals surface area contributed by atoms with Gasteiger partial charge in [0.05, 0.1) is 72.7 Å². The summed E-state index contributed by atoms with van der Waals surface area (Å²) in [6.45, 7) is 25.2. The van der Waals surface area contributed by atoms with E-state index >= 15 is 0 Å². The van der Waals surface area contributed by atoms with Crippen LogP contribution in [0.4, 0.5) is 68.2 Å². The van der Waals surface area contributed by atoms with Crippen LogP contribution in [0.1, 0.15) is 240 Å². The highest BCUT2D eigenvalue weighted by Gasteiger charge is 2.47. The van der Waals surface area contributed by atoms with E-state index in [1.54, 1.807) is 104 Å². The SMILES string of the molecule is [2H]c1c([2H])c(C(C)(C)C)c([2H])c2c1Oc1cc(C([2H])([2H])[2H])cc3c1B2c1c([2H])c(C(C)(C)C)c([2H])c([2H])c1N3c1c([2H])c([2H])c(C(C)(C)C)c([2H])c1[2H].[2H]c1c([2H])c([2H])c(-c2c([2H])c([2H])c([2H])c(N3c4cccc5c4B(c4c([2H])c([2H])c(N(c6c([2H])c([2H])c([2H])c([2H])c6[2H])c6c([2H])c([2H])c([2H])c([2H])c6[2H])c([2H])c4O5)c4c([2H])c([2H])c(-c5c([2H])c([2H])c([2H])c([2H])c5[2H])c([2H])c43)c2[2H])c([2H])c1[2H].[2H]c1c([2H])c2c3c(c1[2H])N(c1c([2H])c([2H])c(C(C)(C)C)c([2H])c1[2H])c1c([2H])c([2H])c(C(C)(C)C)c([2H])c1B3c1c([2H])c(C(C)(C)C)c([2H])c([2H])c1O2. The smallest absolute Gasteiger partial charge is 0.256 e. The number of rotatable bonds is 8. The zero-order valence-corrected chi connectivity index (χ0v) is 74.6. The molecule has 0 bridgehead atoms. The molecule has 0 N–H and O–H groups in total. The van der Waals surface area contributed by atoms with E-state index in [0.717, 1.165) is 9.80 Å². The Kier molecular flexibility index (Phi) is 10.6. The molecule has 0 unspecified atom stereocenters. The van der Waals surface area contributed by atoms with Crippen molar-refractivity contribution < 1.29 is 91.0 Å². The van der Waals surface area contributed by atoms with Crippen molar-refractivity contribution in [3.05, 3.63) is 390 Å². The summed E-state index contributed by atoms with van der Waals surface area (Å²) in [6.07, 6.45) is 0. The Bertz CT molecular complexity index is 10400. The number of nitrogens with zero attached hydrogens (tertiary/aromatic N) is 4. The quantitative estimate of drug-likeness (QED) is 0.140. The van der Waals surface area contributed by atoms with Crippen LogP contribution < -0.4 is 83.0 Å². The van der Waals surface area contributed by atoms with Crippen LogP contribution in [-0.2, 0) is 32.5 Å². The third kappa shape index (κ3) is 15.8. The molecule has 0 radical (unpaired) electrons. The number of benzene rings is 16. The second-order valence-electron chi connectivity index (χ2n) is 38.1. The maximum atomic E-state index is 10.1. The van der Waals surface area contributed by atoms with Gasteiger partial charge in [-0.15, -0.1) is 0 Å². The van der Waals surface area contributed by atoms with Gasteiger partial charge in [-0.05, 0) is 283 Å². The third-order valence-corrected chi connectivity index (χ3v) is 22.6. The third-order valence-electron chi connectivity index (χ3n) is 22.6. The Hall–Kier alpha value is -13.7. The van der Waals surface area contributed by atoms with Crippen molar-refractivity contribution in [2.75, 3.05) is 19.6 Å². The van der Waals surface area contributed by atoms with E-state index in [0.29, 0.717) is 4.90 Å². The number of hydrogen-bond donors (Lipinski definition) is 0. The van der Waals surface area contributed by atoms with Gasteiger partial charge in [0.15, 0.2) is 0 Å². The standard InChI is InChI=1S/C48H33BN2O.C37H42BNO.C36H40BNO/c1-5-15-34(16-6-1)36-19-13-24-40(31-36)51-44-25-14-26-46-48(44)49(42-29-27-37(32-45(42)51)35-17-7-2-8-18-35)43-30-28-41(33-47(43)52-46)50(38-20-9-3-10-21-38)39-22-11-4-12-23-39;1-23-19-31-34-33(20-23)40-32-18-14-26(37(8,9)10)22-29(32)38(34)28-21-25(36(5,6)7)13-17-30(28)39(31)27-15-11-24(12-16-27)35(2,3)4;1-34(2,3)23-13-17-26(18-14-23)38-29-19-15-24(35(4,5)6)21-27(29)37-28-22-25(36(7,8)9)16-20-31(28)39-32-12-10-11-30(38)33(32)37/h1-33H;11-22H,1-10H3;10-22H,1-9H3/i1D,2D,3D,4D,5D,6D,7D,8D,9D,10D,11D,12D,13D,15D,16D,17D,18D,19D,20D,21D,22D,23D,24D,27D,28D,29D,30D,31D,32D,33D;1D3,11D,12D,13D,14D,15D,16D,17D,18D,21D,22D;10D,11D,12D,13D,14D,15D,16D,17D,18D,19D,20D,21D,22D. The lowest BCUT2D eigenvalue weighted by Gasteiger charge is -2.41. The summed E-state index contributed by atoms with van der Waals surface area (Å²) < 4.78 is 526. The molecular weight excluding hydrogens is 1590 g/mol. The molecule has 6 aliphatic rings. The predicted octanol–water partition coefficient (Wildman–Crippen LogP) is 27.2. The van der Waals surface area contributed by atoms with Crippen LogP contribution in [0.15, 0.2) is 351 Å². The minimum atomic E-state index is -2.73. The maximum absolute atomic E-state index is 10.1. The van der Waals surface area contributed by atoms with E-state index in [9.17, 15) is 28.8 Å². The van der Waals surface area contributed by atoms with E-state index in [-0.39, 0.29) is 230 Å². The van der Waals surface area contributed by atoms with Crippen LogP contribution in [0.3, 0.4) is 0 Å². The van der Waals surface area contributed by atoms with Crippen molar-refractivity contribution >= 4 is 138 Å². The van der Waals surface area contributed by atoms with Crippen molar-refractivity contribution in [3.8, 4) is 56.8 Å². The zero-order chi connectivity index (χ0) is 140. The summed E-state index contributed by atoms with van der Waals surface area (Å²) in [6, 6.07) is -31.2. The molecule has 16 aromatic rings. The van der Waals surface area contributed by atoms with Crippen LogP contribution in [0.2, 0.25) is 0 Å². The molecule has 0 aromatic heterocycles. The van der Waals surface area contributed by atoms with Gasteiger partial charge in [0, 0.05) is 78.4 Å². The van der Waals surface area contributed by atoms with Gasteiger partial charge >= 0.3 is 0 Å². The topological polar surface area (TPSA) is 40.7 Å². The van der Waals surface area contributed by atoms with Crippen molar-refractivity contribution in [1.82, 2.24) is 0 Å². The molecule has 16 aromatic carbocycles. The molecule has 7 nitrogen and oxygen atoms in total. The number of hydrogen-bond acceptors (Lipinski definition) is 7. The number of para-hydroxylation sites is 2. The van der Waals surface area contributed by atoms with Gasteiger partial charge in [0.2, 0.25) is 0 Å². The summed E-state index contributed by atoms with van der Waals surface area (Å²) in [7, 11) is 0. The van der Waals surface area contributed by atoms with Crippen molar-refractivity contribution in [2.24, 2.45) is 0 Å². The van der Waals surface area contributed by atoms with Crippen molar-refractivity contribution in [2.45, 2.75) is 164 Å². The Morgan fingerprint density at radius 1 is 0.252 bits per heavy atom. The molecule has 0 saturated carbocycles. The fourth-order valence-corrected chi connectivity index (χ4v) is 16.0. The monoisotopic (exact) mass is 1760 g/mol. The molecular formula is C121H115B3N4O3. The molecule has 646 valence electrons. The number of aryl methyl sites for hydroxylation is 1. The van der Waals surface area contributed by atoms with E-state index in [2.05, 4.69) is 0 Å². The number of ether oxygens (including phenoxy) is 3. The second kappa shape index (κ2) is 32.5. The van der Waals surface area contributed by atoms with Gasteiger partial charge in [-0.2, -0.15) is 0 Å². The molecule has 0 fully saturated rings. The molecule has 6 aliphatic heterocycles. The minimum absolute atomic E-state index is 0.0232. The number of anilines is 12. The number of fused-ring (bicyclic) bond motifs is 12. The highest BCUT2D eigenvalue weighted by molar-refractivity contribution is 7.01. The second-order valence-corrected chi connectivity index (χ2v) is 38.1. The first-order chi connectivity index (χ1) is 86.0. The fourth-order valence-electron chi connectivity index (χ4n) is 16.0. The van der Waals surface area contributed by atoms with E-state index in [4.69, 9.17) is 62.2 Å². The zero-order valence-electron chi connectivity index (χ0n) is 131. The van der Waals surface area contributed by atoms with E-state index < -0.39 is 363 Å². The highest BCUT2D eigenvalue weighted by Crippen LogP contribution is 2.49. The molecule has 0 saturated heterocycles. The lowest BCUT2D eigenvalue weighted by molar-refractivity contribution is 0.485. The van der Waals surface area contributed by atoms with Gasteiger partial charge in [0.1, 0.15) is 34.5 Å². The highest BCUT2D eigenvalue weighted by atomic mass is 16.5. The molecule has 0 spiro atoms. The lowest BCUT2D eigenvalue weighted by atomic mass is 9.33. The average molecular weight is 1760 g/mol. The van der Waals surface area contributed by atoms with Crippen LogP contribution in [0, 0.1) is 6.85 Å². The molecule has 0 amide bonds. The van der Waals surface area contributed by atoms with Gasteiger partial charge in [0.25, 0.3) is 20.1 Å². The molecule has 22 rings (SSSR count). The lowest BCUT2D eigenvalue weighted by Crippen LogP contribution is -2.60. The van der Waals surface area contributed by atoms with Crippen molar-refractivity contribution in [1.29, 1.82) is 0 Å². The average Bonchev–Trinajstić information content (AvgIpc) is 0.677. The van der Waals surface area contributed by atoms with E-state index in [1.165, 1.54) is 35.2 Å². The normalized spacial score (nSPS) is 19.6. The Labute approximate surface area is 856 Å². The summed E-state index contributed by atoms with van der Waals surface area (Å²) in [5, 5.41) is 0. The summed E-state index contributed by atoms with van der Waals surface area (Å²) in [4.78, 5) is 3.80. The van der Waals surface area contributed by atoms with E-state index in [1.807, 2.05) is 20.8 Å². The van der Waals surface area contributed by atoms with Gasteiger partial charge < -0.3 is 33.8 Å². The van der Waals surface area contributed by atoms with Crippen molar-refractivity contribution in [3.63, 3.8) is 0 Å².